The second kappa shape index (κ2) is 8.90. The van der Waals surface area contributed by atoms with E-state index in [1.165, 1.54) is 0 Å². The van der Waals surface area contributed by atoms with Gasteiger partial charge < -0.3 is 15.5 Å². The SMILES string of the molecule is CN1CCN(CC(=O)c2ccc(NC(=O)Nc3cc(F)ccc3F)cc2)CC1. The first kappa shape index (κ1) is 19.9. The number of Topliss-reactive ketones (excluding diaryl/α,β-unsaturated/α-hetero) is 1. The van der Waals surface area contributed by atoms with Gasteiger partial charge in [0.1, 0.15) is 11.6 Å². The molecule has 2 aromatic rings. The second-order valence-corrected chi connectivity index (χ2v) is 6.78. The van der Waals surface area contributed by atoms with Crippen LogP contribution in [-0.2, 0) is 0 Å². The number of halogens is 2. The van der Waals surface area contributed by atoms with Crippen molar-refractivity contribution in [2.24, 2.45) is 0 Å². The van der Waals surface area contributed by atoms with Crippen LogP contribution in [0, 0.1) is 11.6 Å². The summed E-state index contributed by atoms with van der Waals surface area (Å²) in [5.41, 5.74) is 0.739. The number of hydrogen-bond acceptors (Lipinski definition) is 4. The number of ketones is 1. The average molecular weight is 388 g/mol. The zero-order valence-electron chi connectivity index (χ0n) is 15.5. The lowest BCUT2D eigenvalue weighted by Crippen LogP contribution is -2.46. The Labute approximate surface area is 162 Å². The first-order valence-corrected chi connectivity index (χ1v) is 8.98. The number of benzene rings is 2. The van der Waals surface area contributed by atoms with Crippen molar-refractivity contribution in [3.63, 3.8) is 0 Å². The Balaban J connectivity index is 1.54. The Morgan fingerprint density at radius 2 is 1.64 bits per heavy atom. The fourth-order valence-corrected chi connectivity index (χ4v) is 2.92. The molecule has 1 aliphatic heterocycles. The maximum atomic E-state index is 13.6. The Hall–Kier alpha value is -2.84. The van der Waals surface area contributed by atoms with Crippen LogP contribution in [-0.4, -0.2) is 61.4 Å². The predicted molar refractivity (Wildman–Crippen MR) is 104 cm³/mol. The van der Waals surface area contributed by atoms with Crippen molar-refractivity contribution in [1.29, 1.82) is 0 Å². The number of amides is 2. The molecule has 0 aliphatic carbocycles. The minimum atomic E-state index is -0.735. The Kier molecular flexibility index (Phi) is 6.33. The summed E-state index contributed by atoms with van der Waals surface area (Å²) in [5, 5.41) is 4.78. The molecule has 0 spiro atoms. The number of carbonyl (C=O) groups is 2. The maximum Gasteiger partial charge on any atom is 0.323 e. The minimum Gasteiger partial charge on any atom is -0.308 e. The molecule has 2 N–H and O–H groups in total. The van der Waals surface area contributed by atoms with Gasteiger partial charge in [-0.2, -0.15) is 0 Å². The van der Waals surface area contributed by atoms with Crippen molar-refractivity contribution in [2.75, 3.05) is 50.4 Å². The molecular weight excluding hydrogens is 366 g/mol. The van der Waals surface area contributed by atoms with E-state index in [1.54, 1.807) is 24.3 Å². The monoisotopic (exact) mass is 388 g/mol. The second-order valence-electron chi connectivity index (χ2n) is 6.78. The third-order valence-electron chi connectivity index (χ3n) is 4.60. The molecule has 0 atom stereocenters. The van der Waals surface area contributed by atoms with Gasteiger partial charge in [0.2, 0.25) is 0 Å². The molecule has 3 rings (SSSR count). The zero-order valence-corrected chi connectivity index (χ0v) is 15.5. The van der Waals surface area contributed by atoms with Crippen molar-refractivity contribution < 1.29 is 18.4 Å². The van der Waals surface area contributed by atoms with Gasteiger partial charge in [0, 0.05) is 43.5 Å². The molecule has 0 aromatic heterocycles. The smallest absolute Gasteiger partial charge is 0.308 e. The molecule has 148 valence electrons. The van der Waals surface area contributed by atoms with Crippen LogP contribution in [0.15, 0.2) is 42.5 Å². The van der Waals surface area contributed by atoms with E-state index in [9.17, 15) is 18.4 Å². The van der Waals surface area contributed by atoms with Gasteiger partial charge in [-0.15, -0.1) is 0 Å². The van der Waals surface area contributed by atoms with Crippen LogP contribution in [0.3, 0.4) is 0 Å². The summed E-state index contributed by atoms with van der Waals surface area (Å²) in [6.07, 6.45) is 0. The number of rotatable bonds is 5. The van der Waals surface area contributed by atoms with Crippen LogP contribution in [0.1, 0.15) is 10.4 Å². The molecule has 8 heteroatoms. The Morgan fingerprint density at radius 3 is 2.32 bits per heavy atom. The lowest BCUT2D eigenvalue weighted by molar-refractivity contribution is 0.0876. The molecule has 0 bridgehead atoms. The fraction of sp³-hybridized carbons (Fsp3) is 0.300. The number of likely N-dealkylation sites (N-methyl/N-ethyl adjacent to an activating group) is 1. The molecule has 1 aliphatic rings. The summed E-state index contributed by atoms with van der Waals surface area (Å²) in [4.78, 5) is 28.7. The first-order chi connectivity index (χ1) is 13.4. The standard InChI is InChI=1S/C20H22F2N4O2/c1-25-8-10-26(11-9-25)13-19(27)14-2-5-16(6-3-14)23-20(28)24-18-12-15(21)4-7-17(18)22/h2-7,12H,8-11,13H2,1H3,(H2,23,24,28). The van der Waals surface area contributed by atoms with Crippen molar-refractivity contribution in [1.82, 2.24) is 9.80 Å². The Bertz CT molecular complexity index is 850. The van der Waals surface area contributed by atoms with Crippen molar-refractivity contribution in [2.45, 2.75) is 0 Å². The van der Waals surface area contributed by atoms with Gasteiger partial charge in [0.25, 0.3) is 0 Å². The van der Waals surface area contributed by atoms with E-state index in [0.717, 1.165) is 44.4 Å². The molecule has 0 radical (unpaired) electrons. The molecule has 28 heavy (non-hydrogen) atoms. The van der Waals surface area contributed by atoms with E-state index in [-0.39, 0.29) is 11.5 Å². The molecule has 2 aromatic carbocycles. The fourth-order valence-electron chi connectivity index (χ4n) is 2.92. The quantitative estimate of drug-likeness (QED) is 0.773. The van der Waals surface area contributed by atoms with Crippen LogP contribution in [0.4, 0.5) is 25.0 Å². The van der Waals surface area contributed by atoms with Crippen molar-refractivity contribution >= 4 is 23.2 Å². The third-order valence-corrected chi connectivity index (χ3v) is 4.60. The van der Waals surface area contributed by atoms with Crippen LogP contribution >= 0.6 is 0 Å². The van der Waals surface area contributed by atoms with Gasteiger partial charge in [0.05, 0.1) is 12.2 Å². The highest BCUT2D eigenvalue weighted by atomic mass is 19.1. The predicted octanol–water partition coefficient (Wildman–Crippen LogP) is 3.04. The summed E-state index contributed by atoms with van der Waals surface area (Å²) in [7, 11) is 2.06. The van der Waals surface area contributed by atoms with E-state index < -0.39 is 17.7 Å². The highest BCUT2D eigenvalue weighted by Gasteiger charge is 2.17. The highest BCUT2D eigenvalue weighted by molar-refractivity contribution is 6.01. The summed E-state index contributed by atoms with van der Waals surface area (Å²) in [6.45, 7) is 3.96. The number of anilines is 2. The van der Waals surface area contributed by atoms with E-state index >= 15 is 0 Å². The Morgan fingerprint density at radius 1 is 0.964 bits per heavy atom. The lowest BCUT2D eigenvalue weighted by Gasteiger charge is -2.31. The van der Waals surface area contributed by atoms with Crippen LogP contribution in [0.5, 0.6) is 0 Å². The molecule has 0 unspecified atom stereocenters. The largest absolute Gasteiger partial charge is 0.323 e. The van der Waals surface area contributed by atoms with E-state index in [0.29, 0.717) is 17.8 Å². The third kappa shape index (κ3) is 5.34. The summed E-state index contributed by atoms with van der Waals surface area (Å²) in [5.74, 6) is -1.37. The molecule has 6 nitrogen and oxygen atoms in total. The highest BCUT2D eigenvalue weighted by Crippen LogP contribution is 2.16. The molecular formula is C20H22F2N4O2. The molecule has 0 saturated carbocycles. The van der Waals surface area contributed by atoms with Crippen LogP contribution in [0.25, 0.3) is 0 Å². The molecule has 1 fully saturated rings. The number of nitrogens with zero attached hydrogens (tertiary/aromatic N) is 2. The number of urea groups is 1. The van der Waals surface area contributed by atoms with Gasteiger partial charge in [-0.05, 0) is 43.4 Å². The van der Waals surface area contributed by atoms with Crippen molar-refractivity contribution in [3.05, 3.63) is 59.7 Å². The number of carbonyl (C=O) groups excluding carboxylic acids is 2. The number of hydrogen-bond donors (Lipinski definition) is 2. The van der Waals surface area contributed by atoms with Crippen molar-refractivity contribution in [3.8, 4) is 0 Å². The van der Waals surface area contributed by atoms with Gasteiger partial charge in [-0.3, -0.25) is 9.69 Å². The van der Waals surface area contributed by atoms with Gasteiger partial charge >= 0.3 is 6.03 Å². The van der Waals surface area contributed by atoms with Gasteiger partial charge in [-0.25, -0.2) is 13.6 Å². The van der Waals surface area contributed by atoms with E-state index in [1.807, 2.05) is 0 Å². The average Bonchev–Trinajstić information content (AvgIpc) is 2.67. The normalized spacial score (nSPS) is 15.2. The molecule has 1 saturated heterocycles. The first-order valence-electron chi connectivity index (χ1n) is 8.98. The summed E-state index contributed by atoms with van der Waals surface area (Å²) >= 11 is 0. The summed E-state index contributed by atoms with van der Waals surface area (Å²) < 4.78 is 26.7. The number of nitrogens with one attached hydrogen (secondary N) is 2. The molecule has 2 amide bonds. The number of piperazine rings is 1. The zero-order chi connectivity index (χ0) is 20.1. The minimum absolute atomic E-state index is 0.0161. The molecule has 1 heterocycles. The van der Waals surface area contributed by atoms with Gasteiger partial charge in [0.15, 0.2) is 5.78 Å². The van der Waals surface area contributed by atoms with Crippen LogP contribution in [0.2, 0.25) is 0 Å². The summed E-state index contributed by atoms with van der Waals surface area (Å²) in [6, 6.07) is 8.56. The van der Waals surface area contributed by atoms with Crippen LogP contribution < -0.4 is 10.6 Å². The van der Waals surface area contributed by atoms with E-state index in [4.69, 9.17) is 0 Å². The van der Waals surface area contributed by atoms with E-state index in [2.05, 4.69) is 27.5 Å². The maximum absolute atomic E-state index is 13.6. The lowest BCUT2D eigenvalue weighted by atomic mass is 10.1. The van der Waals surface area contributed by atoms with Gasteiger partial charge in [-0.1, -0.05) is 0 Å². The topological polar surface area (TPSA) is 64.7 Å².